The van der Waals surface area contributed by atoms with Crippen LogP contribution in [0, 0.1) is 11.8 Å². The van der Waals surface area contributed by atoms with Crippen LogP contribution in [-0.4, -0.2) is 40.1 Å². The van der Waals surface area contributed by atoms with E-state index in [1.807, 2.05) is 42.5 Å². The predicted molar refractivity (Wildman–Crippen MR) is 207 cm³/mol. The van der Waals surface area contributed by atoms with Gasteiger partial charge < -0.3 is 10.6 Å². The van der Waals surface area contributed by atoms with Crippen LogP contribution in [0.15, 0.2) is 65.6 Å². The number of hydrogen-bond acceptors (Lipinski definition) is 4. The Bertz CT molecular complexity index is 1790. The van der Waals surface area contributed by atoms with Crippen LogP contribution in [0.25, 0.3) is 22.2 Å². The summed E-state index contributed by atoms with van der Waals surface area (Å²) in [6, 6.07) is 17.5. The number of carbonyl (C=O) groups is 1. The molecule has 0 fully saturated rings. The third-order valence-electron chi connectivity index (χ3n) is 8.95. The zero-order valence-corrected chi connectivity index (χ0v) is 30.7. The van der Waals surface area contributed by atoms with Gasteiger partial charge in [-0.05, 0) is 85.1 Å². The van der Waals surface area contributed by atoms with Gasteiger partial charge in [0.15, 0.2) is 0 Å². The number of anilines is 2. The quantitative estimate of drug-likeness (QED) is 0.124. The Hall–Kier alpha value is -4.41. The molecule has 0 bridgehead atoms. The van der Waals surface area contributed by atoms with Crippen LogP contribution in [0.4, 0.5) is 16.2 Å². The van der Waals surface area contributed by atoms with Crippen molar-refractivity contribution in [2.24, 2.45) is 0 Å². The highest BCUT2D eigenvalue weighted by Crippen LogP contribution is 2.35. The lowest BCUT2D eigenvalue weighted by Gasteiger charge is -2.22. The number of hydrogen-bond donors (Lipinski definition) is 2. The summed E-state index contributed by atoms with van der Waals surface area (Å²) < 4.78 is 1.70. The Labute approximate surface area is 293 Å². The molecular weight excluding hydrogens is 606 g/mol. The van der Waals surface area contributed by atoms with Crippen molar-refractivity contribution in [3.8, 4) is 23.0 Å². The summed E-state index contributed by atoms with van der Waals surface area (Å²) in [4.78, 5) is 35.4. The van der Waals surface area contributed by atoms with Gasteiger partial charge in [0, 0.05) is 34.9 Å². The molecule has 0 aliphatic heterocycles. The van der Waals surface area contributed by atoms with Crippen molar-refractivity contribution in [1.82, 2.24) is 14.5 Å². The molecule has 0 radical (unpaired) electrons. The van der Waals surface area contributed by atoms with E-state index in [1.165, 1.54) is 0 Å². The summed E-state index contributed by atoms with van der Waals surface area (Å²) in [7, 11) is 0. The molecule has 0 saturated heterocycles. The van der Waals surface area contributed by atoms with Crippen molar-refractivity contribution >= 4 is 28.4 Å². The zero-order valence-electron chi connectivity index (χ0n) is 30.7. The minimum atomic E-state index is -0.450. The second kappa shape index (κ2) is 18.4. The fourth-order valence-electron chi connectivity index (χ4n) is 6.21. The van der Waals surface area contributed by atoms with Gasteiger partial charge in [-0.3, -0.25) is 14.3 Å². The van der Waals surface area contributed by atoms with Crippen LogP contribution in [0.5, 0.6) is 0 Å². The molecule has 2 heterocycles. The van der Waals surface area contributed by atoms with E-state index >= 15 is 0 Å². The number of nitrogens with zero attached hydrogens (tertiary/aromatic N) is 3. The van der Waals surface area contributed by atoms with Crippen molar-refractivity contribution in [2.45, 2.75) is 105 Å². The van der Waals surface area contributed by atoms with Gasteiger partial charge in [-0.2, -0.15) is 0 Å². The van der Waals surface area contributed by atoms with Crippen molar-refractivity contribution in [3.05, 3.63) is 87.8 Å². The van der Waals surface area contributed by atoms with Crippen molar-refractivity contribution in [3.63, 3.8) is 0 Å². The van der Waals surface area contributed by atoms with Crippen molar-refractivity contribution < 1.29 is 4.79 Å². The molecule has 2 amide bonds. The number of aromatic nitrogens is 2. The molecule has 2 aromatic carbocycles. The molecule has 2 aromatic heterocycles. The van der Waals surface area contributed by atoms with E-state index in [4.69, 9.17) is 0 Å². The molecule has 0 atom stereocenters. The fourth-order valence-corrected chi connectivity index (χ4v) is 6.21. The highest BCUT2D eigenvalue weighted by atomic mass is 16.2. The number of fused-ring (bicyclic) bond motifs is 1. The molecule has 7 nitrogen and oxygen atoms in total. The lowest BCUT2D eigenvalue weighted by Crippen LogP contribution is -2.30. The zero-order chi connectivity index (χ0) is 35.3. The number of aryl methyl sites for hydroxylation is 1. The first-order chi connectivity index (χ1) is 23.7. The topological polar surface area (TPSA) is 79.3 Å². The van der Waals surface area contributed by atoms with Crippen LogP contribution >= 0.6 is 0 Å². The van der Waals surface area contributed by atoms with E-state index in [-0.39, 0.29) is 23.1 Å². The minimum Gasteiger partial charge on any atom is -0.307 e. The number of unbranched alkanes of at least 4 members (excludes halogenated alkanes) is 3. The maximum atomic E-state index is 14.4. The lowest BCUT2D eigenvalue weighted by atomic mass is 9.93. The number of carbonyl (C=O) groups excluding carboxylic acids is 1. The third-order valence-corrected chi connectivity index (χ3v) is 8.95. The number of benzene rings is 2. The number of pyridine rings is 2. The number of rotatable bonds is 15. The van der Waals surface area contributed by atoms with Gasteiger partial charge >= 0.3 is 6.03 Å². The Balaban J connectivity index is 1.81. The van der Waals surface area contributed by atoms with E-state index in [0.29, 0.717) is 24.3 Å². The number of para-hydroxylation sites is 1. The molecule has 0 aliphatic rings. The summed E-state index contributed by atoms with van der Waals surface area (Å²) in [5, 5.41) is 6.98. The van der Waals surface area contributed by atoms with Gasteiger partial charge in [0.05, 0.1) is 6.54 Å². The maximum Gasteiger partial charge on any atom is 0.323 e. The molecule has 4 rings (SSSR count). The monoisotopic (exact) mass is 661 g/mol. The molecule has 0 spiro atoms. The van der Waals surface area contributed by atoms with Gasteiger partial charge in [-0.1, -0.05) is 110 Å². The molecule has 260 valence electrons. The summed E-state index contributed by atoms with van der Waals surface area (Å²) in [6.45, 7) is 18.3. The van der Waals surface area contributed by atoms with E-state index < -0.39 is 6.03 Å². The van der Waals surface area contributed by atoms with Crippen LogP contribution in [-0.2, 0) is 6.54 Å². The average molecular weight is 662 g/mol. The number of nitrogens with one attached hydrogen (secondary N) is 2. The third kappa shape index (κ3) is 9.61. The molecule has 49 heavy (non-hydrogen) atoms. The maximum absolute atomic E-state index is 14.4. The summed E-state index contributed by atoms with van der Waals surface area (Å²) in [6.07, 6.45) is 8.10. The molecular formula is C42H55N5O2. The first-order valence-corrected chi connectivity index (χ1v) is 18.2. The molecule has 0 saturated carbocycles. The van der Waals surface area contributed by atoms with Crippen LogP contribution in [0.3, 0.4) is 0 Å². The molecule has 2 N–H and O–H groups in total. The van der Waals surface area contributed by atoms with E-state index in [1.54, 1.807) is 10.8 Å². The summed E-state index contributed by atoms with van der Waals surface area (Å²) >= 11 is 0. The average Bonchev–Trinajstić information content (AvgIpc) is 3.09. The van der Waals surface area contributed by atoms with Crippen molar-refractivity contribution in [1.29, 1.82) is 0 Å². The minimum absolute atomic E-state index is 0.205. The van der Waals surface area contributed by atoms with Gasteiger partial charge in [0.25, 0.3) is 5.56 Å². The van der Waals surface area contributed by atoms with Gasteiger partial charge in [-0.25, -0.2) is 9.78 Å². The lowest BCUT2D eigenvalue weighted by molar-refractivity contribution is 0.262. The number of amides is 2. The van der Waals surface area contributed by atoms with Gasteiger partial charge in [0.2, 0.25) is 0 Å². The standard InChI is InChI=1S/C42H55N5O2/c1-8-11-25-46(26-12-9-2)27-17-19-32-18-14-20-33(29-32)37-36-23-16-24-43-40(36)47(28-13-10-3)41(48)39(37)45-42(49)44-38-34(30(4)5)21-15-22-35(38)31(6)7/h14-16,18,20-24,29-31H,8-13,25-28H2,1-7H3,(H2,44,45,49). The first kappa shape index (κ1) is 37.4. The Morgan fingerprint density at radius 3 is 2.10 bits per heavy atom. The van der Waals surface area contributed by atoms with Crippen molar-refractivity contribution in [2.75, 3.05) is 30.3 Å². The van der Waals surface area contributed by atoms with Crippen LogP contribution in [0.2, 0.25) is 0 Å². The second-order valence-corrected chi connectivity index (χ2v) is 13.5. The first-order valence-electron chi connectivity index (χ1n) is 18.2. The number of urea groups is 1. The Morgan fingerprint density at radius 1 is 0.837 bits per heavy atom. The second-order valence-electron chi connectivity index (χ2n) is 13.5. The highest BCUT2D eigenvalue weighted by molar-refractivity contribution is 6.07. The molecule has 4 aromatic rings. The van der Waals surface area contributed by atoms with Crippen LogP contribution < -0.4 is 16.2 Å². The Morgan fingerprint density at radius 2 is 1.47 bits per heavy atom. The highest BCUT2D eigenvalue weighted by Gasteiger charge is 2.22. The largest absolute Gasteiger partial charge is 0.323 e. The predicted octanol–water partition coefficient (Wildman–Crippen LogP) is 10.0. The fraction of sp³-hybridized carbons (Fsp3) is 0.452. The molecule has 0 unspecified atom stereocenters. The molecule has 0 aliphatic carbocycles. The normalized spacial score (nSPS) is 11.3. The Kier molecular flexibility index (Phi) is 14.0. The van der Waals surface area contributed by atoms with E-state index in [2.05, 4.69) is 93.0 Å². The van der Waals surface area contributed by atoms with E-state index in [0.717, 1.165) is 84.9 Å². The molecule has 7 heteroatoms. The SMILES string of the molecule is CCCCN(CC#Cc1cccc(-c2c(NC(=O)Nc3c(C(C)C)cccc3C(C)C)c(=O)n(CCCC)c3ncccc23)c1)CCCC. The van der Waals surface area contributed by atoms with Gasteiger partial charge in [0.1, 0.15) is 11.3 Å². The summed E-state index contributed by atoms with van der Waals surface area (Å²) in [5.41, 5.74) is 5.78. The van der Waals surface area contributed by atoms with Gasteiger partial charge in [-0.15, -0.1) is 0 Å². The van der Waals surface area contributed by atoms with E-state index in [9.17, 15) is 9.59 Å². The smallest absolute Gasteiger partial charge is 0.307 e. The van der Waals surface area contributed by atoms with Crippen LogP contribution in [0.1, 0.15) is 116 Å². The summed E-state index contributed by atoms with van der Waals surface area (Å²) in [5.74, 6) is 7.19.